The van der Waals surface area contributed by atoms with Crippen LogP contribution in [0.3, 0.4) is 0 Å². The van der Waals surface area contributed by atoms with E-state index in [-0.39, 0.29) is 24.6 Å². The van der Waals surface area contributed by atoms with Crippen LogP contribution in [0.15, 0.2) is 66.7 Å². The Kier molecular flexibility index (Phi) is 5.24. The zero-order valence-electron chi connectivity index (χ0n) is 14.0. The molecule has 3 rings (SSSR count). The molecule has 0 bridgehead atoms. The van der Waals surface area contributed by atoms with E-state index >= 15 is 0 Å². The summed E-state index contributed by atoms with van der Waals surface area (Å²) in [5, 5.41) is 25.6. The van der Waals surface area contributed by atoms with Gasteiger partial charge in [-0.05, 0) is 34.0 Å². The van der Waals surface area contributed by atoms with E-state index in [4.69, 9.17) is 0 Å². The van der Waals surface area contributed by atoms with E-state index in [0.717, 1.165) is 16.3 Å². The number of nitro benzene ring substituents is 1. The summed E-state index contributed by atoms with van der Waals surface area (Å²) in [6.45, 7) is 0.0431. The van der Waals surface area contributed by atoms with Gasteiger partial charge in [0.1, 0.15) is 0 Å². The van der Waals surface area contributed by atoms with E-state index in [0.29, 0.717) is 5.56 Å². The summed E-state index contributed by atoms with van der Waals surface area (Å²) in [7, 11) is 0. The number of aliphatic hydroxyl groups excluding tert-OH is 1. The van der Waals surface area contributed by atoms with Gasteiger partial charge in [0.2, 0.25) is 5.91 Å². The van der Waals surface area contributed by atoms with Crippen molar-refractivity contribution in [2.45, 2.75) is 12.5 Å². The number of nitro groups is 1. The zero-order chi connectivity index (χ0) is 18.5. The second kappa shape index (κ2) is 7.76. The smallest absolute Gasteiger partial charge is 0.269 e. The topological polar surface area (TPSA) is 92.5 Å². The van der Waals surface area contributed by atoms with Gasteiger partial charge in [0.25, 0.3) is 5.69 Å². The number of nitrogens with one attached hydrogen (secondary N) is 1. The molecule has 3 aromatic rings. The van der Waals surface area contributed by atoms with Gasteiger partial charge in [0.05, 0.1) is 17.4 Å². The Morgan fingerprint density at radius 3 is 2.46 bits per heavy atom. The summed E-state index contributed by atoms with van der Waals surface area (Å²) in [6, 6.07) is 19.3. The molecule has 26 heavy (non-hydrogen) atoms. The van der Waals surface area contributed by atoms with Crippen LogP contribution >= 0.6 is 0 Å². The maximum Gasteiger partial charge on any atom is 0.269 e. The molecule has 1 atom stereocenters. The van der Waals surface area contributed by atoms with Gasteiger partial charge in [-0.25, -0.2) is 0 Å². The van der Waals surface area contributed by atoms with Crippen LogP contribution in [-0.2, 0) is 11.2 Å². The Bertz CT molecular complexity index is 933. The summed E-state index contributed by atoms with van der Waals surface area (Å²) in [5.74, 6) is -0.192. The van der Waals surface area contributed by atoms with Crippen molar-refractivity contribution in [3.8, 4) is 0 Å². The number of fused-ring (bicyclic) bond motifs is 1. The number of non-ortho nitro benzene ring substituents is 1. The highest BCUT2D eigenvalue weighted by atomic mass is 16.6. The monoisotopic (exact) mass is 350 g/mol. The van der Waals surface area contributed by atoms with Crippen LogP contribution in [-0.4, -0.2) is 22.5 Å². The molecule has 0 heterocycles. The van der Waals surface area contributed by atoms with E-state index in [9.17, 15) is 20.0 Å². The molecular formula is C20H18N2O4. The fourth-order valence-electron chi connectivity index (χ4n) is 2.83. The molecule has 0 aliphatic carbocycles. The van der Waals surface area contributed by atoms with Gasteiger partial charge in [-0.15, -0.1) is 0 Å². The number of carbonyl (C=O) groups is 1. The number of rotatable bonds is 6. The third-order valence-corrected chi connectivity index (χ3v) is 4.21. The highest BCUT2D eigenvalue weighted by Gasteiger charge is 2.13. The first-order chi connectivity index (χ1) is 12.5. The van der Waals surface area contributed by atoms with Crippen molar-refractivity contribution in [2.24, 2.45) is 0 Å². The highest BCUT2D eigenvalue weighted by molar-refractivity contribution is 5.90. The molecule has 0 saturated heterocycles. The fourth-order valence-corrected chi connectivity index (χ4v) is 2.83. The van der Waals surface area contributed by atoms with Crippen molar-refractivity contribution >= 4 is 22.4 Å². The molecule has 6 heteroatoms. The quantitative estimate of drug-likeness (QED) is 0.528. The van der Waals surface area contributed by atoms with Gasteiger partial charge < -0.3 is 10.4 Å². The summed E-state index contributed by atoms with van der Waals surface area (Å²) in [6.07, 6.45) is -0.707. The first kappa shape index (κ1) is 17.6. The van der Waals surface area contributed by atoms with Crippen molar-refractivity contribution in [2.75, 3.05) is 6.54 Å². The van der Waals surface area contributed by atoms with Gasteiger partial charge >= 0.3 is 0 Å². The Balaban J connectivity index is 1.60. The average Bonchev–Trinajstić information content (AvgIpc) is 2.66. The van der Waals surface area contributed by atoms with Crippen LogP contribution in [0.2, 0.25) is 0 Å². The number of carbonyl (C=O) groups excluding carboxylic acids is 1. The number of benzene rings is 3. The maximum atomic E-state index is 12.2. The summed E-state index contributed by atoms with van der Waals surface area (Å²) < 4.78 is 0. The van der Waals surface area contributed by atoms with Crippen LogP contribution in [0.4, 0.5) is 5.69 Å². The predicted molar refractivity (Wildman–Crippen MR) is 98.7 cm³/mol. The molecule has 132 valence electrons. The fraction of sp³-hybridized carbons (Fsp3) is 0.150. The Hall–Kier alpha value is -3.25. The zero-order valence-corrected chi connectivity index (χ0v) is 14.0. The highest BCUT2D eigenvalue weighted by Crippen LogP contribution is 2.19. The molecule has 0 aliphatic rings. The summed E-state index contributed by atoms with van der Waals surface area (Å²) >= 11 is 0. The minimum absolute atomic E-state index is 0.0408. The molecule has 1 amide bonds. The molecule has 0 radical (unpaired) electrons. The van der Waals surface area contributed by atoms with Gasteiger partial charge in [0, 0.05) is 18.7 Å². The molecule has 0 unspecified atom stereocenters. The Morgan fingerprint density at radius 1 is 1.04 bits per heavy atom. The largest absolute Gasteiger partial charge is 0.387 e. The third-order valence-electron chi connectivity index (χ3n) is 4.21. The van der Waals surface area contributed by atoms with Crippen molar-refractivity contribution in [3.05, 3.63) is 88.0 Å². The van der Waals surface area contributed by atoms with Crippen LogP contribution in [0.25, 0.3) is 10.8 Å². The minimum Gasteiger partial charge on any atom is -0.387 e. The van der Waals surface area contributed by atoms with E-state index in [2.05, 4.69) is 5.32 Å². The van der Waals surface area contributed by atoms with Crippen molar-refractivity contribution in [1.29, 1.82) is 0 Å². The van der Waals surface area contributed by atoms with Gasteiger partial charge in [-0.3, -0.25) is 14.9 Å². The average molecular weight is 350 g/mol. The minimum atomic E-state index is -0.924. The number of amides is 1. The lowest BCUT2D eigenvalue weighted by Gasteiger charge is -2.13. The predicted octanol–water partition coefficient (Wildman–Crippen LogP) is 3.14. The van der Waals surface area contributed by atoms with Gasteiger partial charge in [-0.2, -0.15) is 0 Å². The van der Waals surface area contributed by atoms with Gasteiger partial charge in [0.15, 0.2) is 0 Å². The van der Waals surface area contributed by atoms with E-state index in [1.54, 1.807) is 0 Å². The van der Waals surface area contributed by atoms with Gasteiger partial charge in [-0.1, -0.05) is 42.5 Å². The van der Waals surface area contributed by atoms with Crippen molar-refractivity contribution in [1.82, 2.24) is 5.32 Å². The molecule has 2 N–H and O–H groups in total. The molecule has 0 aromatic heterocycles. The second-order valence-electron chi connectivity index (χ2n) is 5.98. The van der Waals surface area contributed by atoms with E-state index in [1.165, 1.54) is 24.3 Å². The number of hydrogen-bond acceptors (Lipinski definition) is 4. The standard InChI is InChI=1S/C20H18N2O4/c23-19(15-8-10-17(11-9-15)22(25)26)13-21-20(24)12-16-6-3-5-14-4-1-2-7-18(14)16/h1-11,19,23H,12-13H2,(H,21,24)/t19-/m0/s1. The molecule has 6 nitrogen and oxygen atoms in total. The van der Waals surface area contributed by atoms with E-state index < -0.39 is 11.0 Å². The van der Waals surface area contributed by atoms with Crippen molar-refractivity contribution < 1.29 is 14.8 Å². The van der Waals surface area contributed by atoms with Crippen LogP contribution in [0.5, 0.6) is 0 Å². The number of aliphatic hydroxyl groups is 1. The lowest BCUT2D eigenvalue weighted by molar-refractivity contribution is -0.384. The first-order valence-electron chi connectivity index (χ1n) is 8.20. The molecule has 3 aromatic carbocycles. The Labute approximate surface area is 150 Å². The Morgan fingerprint density at radius 2 is 1.73 bits per heavy atom. The van der Waals surface area contributed by atoms with Crippen LogP contribution in [0, 0.1) is 10.1 Å². The molecule has 0 saturated carbocycles. The summed E-state index contributed by atoms with van der Waals surface area (Å²) in [4.78, 5) is 22.4. The molecule has 0 spiro atoms. The first-order valence-corrected chi connectivity index (χ1v) is 8.20. The maximum absolute atomic E-state index is 12.2. The summed E-state index contributed by atoms with van der Waals surface area (Å²) in [5.41, 5.74) is 1.40. The van der Waals surface area contributed by atoms with Crippen molar-refractivity contribution in [3.63, 3.8) is 0 Å². The third kappa shape index (κ3) is 4.04. The lowest BCUT2D eigenvalue weighted by atomic mass is 10.0. The normalized spacial score (nSPS) is 11.9. The SMILES string of the molecule is O=C(Cc1cccc2ccccc12)NC[C@H](O)c1ccc([N+](=O)[O-])cc1. The van der Waals surface area contributed by atoms with Crippen LogP contribution in [0.1, 0.15) is 17.2 Å². The molecule has 0 fully saturated rings. The number of hydrogen-bond donors (Lipinski definition) is 2. The molecule has 0 aliphatic heterocycles. The lowest BCUT2D eigenvalue weighted by Crippen LogP contribution is -2.29. The van der Waals surface area contributed by atoms with Crippen LogP contribution < -0.4 is 5.32 Å². The number of nitrogens with zero attached hydrogens (tertiary/aromatic N) is 1. The van der Waals surface area contributed by atoms with E-state index in [1.807, 2.05) is 42.5 Å². The second-order valence-corrected chi connectivity index (χ2v) is 5.98. The molecular weight excluding hydrogens is 332 g/mol.